The van der Waals surface area contributed by atoms with E-state index in [0.717, 1.165) is 6.42 Å². The minimum atomic E-state index is -0.746. The van der Waals surface area contributed by atoms with Crippen LogP contribution in [0.3, 0.4) is 0 Å². The second kappa shape index (κ2) is 5.29. The van der Waals surface area contributed by atoms with E-state index in [1.165, 1.54) is 0 Å². The summed E-state index contributed by atoms with van der Waals surface area (Å²) in [6, 6.07) is 0. The van der Waals surface area contributed by atoms with Gasteiger partial charge in [-0.05, 0) is 31.6 Å². The Kier molecular flexibility index (Phi) is 4.41. The third-order valence-corrected chi connectivity index (χ3v) is 3.82. The molecule has 1 saturated heterocycles. The molecule has 104 valence electrons. The van der Waals surface area contributed by atoms with E-state index in [4.69, 9.17) is 5.11 Å². The maximum atomic E-state index is 12.0. The first-order chi connectivity index (χ1) is 8.14. The first-order valence-corrected chi connectivity index (χ1v) is 6.65. The van der Waals surface area contributed by atoms with Crippen molar-refractivity contribution in [3.63, 3.8) is 0 Å². The smallest absolute Gasteiger partial charge is 0.309 e. The number of piperidine rings is 1. The molecule has 0 atom stereocenters. The van der Waals surface area contributed by atoms with Crippen LogP contribution < -0.4 is 0 Å². The number of amides is 1. The van der Waals surface area contributed by atoms with E-state index in [1.807, 2.05) is 4.90 Å². The Hall–Kier alpha value is -1.06. The first-order valence-electron chi connectivity index (χ1n) is 6.65. The third kappa shape index (κ3) is 4.00. The molecule has 1 heterocycles. The zero-order valence-electron chi connectivity index (χ0n) is 12.0. The third-order valence-electron chi connectivity index (χ3n) is 3.82. The number of carboxylic acid groups (broad SMARTS) is 1. The standard InChI is InChI=1S/C14H25NO3/c1-13(2,3)6-5-11(16)15-9-7-14(4,8-10-15)12(17)18/h5-10H2,1-4H3,(H,17,18). The number of aliphatic carboxylic acids is 1. The van der Waals surface area contributed by atoms with Crippen molar-refractivity contribution >= 4 is 11.9 Å². The summed E-state index contributed by atoms with van der Waals surface area (Å²) in [5, 5.41) is 9.13. The molecule has 0 aromatic carbocycles. The van der Waals surface area contributed by atoms with Crippen LogP contribution in [0, 0.1) is 10.8 Å². The van der Waals surface area contributed by atoms with Crippen molar-refractivity contribution < 1.29 is 14.7 Å². The highest BCUT2D eigenvalue weighted by Gasteiger charge is 2.37. The van der Waals surface area contributed by atoms with E-state index in [9.17, 15) is 9.59 Å². The lowest BCUT2D eigenvalue weighted by molar-refractivity contribution is -0.153. The Balaban J connectivity index is 2.43. The van der Waals surface area contributed by atoms with Crippen molar-refractivity contribution in [2.24, 2.45) is 10.8 Å². The number of rotatable bonds is 3. The molecule has 0 radical (unpaired) electrons. The van der Waals surface area contributed by atoms with Gasteiger partial charge in [0, 0.05) is 19.5 Å². The van der Waals surface area contributed by atoms with Crippen LogP contribution in [0.4, 0.5) is 0 Å². The van der Waals surface area contributed by atoms with E-state index in [1.54, 1.807) is 6.92 Å². The number of carbonyl (C=O) groups excluding carboxylic acids is 1. The summed E-state index contributed by atoms with van der Waals surface area (Å²) in [4.78, 5) is 24.9. The van der Waals surface area contributed by atoms with Crippen molar-refractivity contribution in [2.75, 3.05) is 13.1 Å². The van der Waals surface area contributed by atoms with E-state index >= 15 is 0 Å². The molecular formula is C14H25NO3. The maximum absolute atomic E-state index is 12.0. The average Bonchev–Trinajstić information content (AvgIpc) is 2.26. The molecule has 4 nitrogen and oxygen atoms in total. The minimum absolute atomic E-state index is 0.164. The normalized spacial score (nSPS) is 19.7. The number of carboxylic acids is 1. The predicted molar refractivity (Wildman–Crippen MR) is 70.2 cm³/mol. The largest absolute Gasteiger partial charge is 0.481 e. The molecule has 0 saturated carbocycles. The molecule has 1 amide bonds. The maximum Gasteiger partial charge on any atom is 0.309 e. The average molecular weight is 255 g/mol. The molecule has 0 aliphatic carbocycles. The molecule has 4 heteroatoms. The molecule has 0 spiro atoms. The number of likely N-dealkylation sites (tertiary alicyclic amines) is 1. The van der Waals surface area contributed by atoms with Crippen molar-refractivity contribution in [1.29, 1.82) is 0 Å². The van der Waals surface area contributed by atoms with E-state index in [0.29, 0.717) is 32.4 Å². The van der Waals surface area contributed by atoms with Crippen molar-refractivity contribution in [3.8, 4) is 0 Å². The van der Waals surface area contributed by atoms with Gasteiger partial charge in [-0.25, -0.2) is 0 Å². The van der Waals surface area contributed by atoms with Crippen LogP contribution in [-0.2, 0) is 9.59 Å². The fourth-order valence-corrected chi connectivity index (χ4v) is 2.10. The number of nitrogens with zero attached hydrogens (tertiary/aromatic N) is 1. The number of carbonyl (C=O) groups is 2. The molecule has 1 aliphatic rings. The van der Waals surface area contributed by atoms with E-state index in [2.05, 4.69) is 20.8 Å². The Morgan fingerprint density at radius 2 is 1.72 bits per heavy atom. The number of hydrogen-bond acceptors (Lipinski definition) is 2. The predicted octanol–water partition coefficient (Wildman–Crippen LogP) is 2.53. The summed E-state index contributed by atoms with van der Waals surface area (Å²) < 4.78 is 0. The van der Waals surface area contributed by atoms with Gasteiger partial charge >= 0.3 is 5.97 Å². The van der Waals surface area contributed by atoms with Gasteiger partial charge in [0.2, 0.25) is 5.91 Å². The van der Waals surface area contributed by atoms with Gasteiger partial charge in [0.05, 0.1) is 5.41 Å². The molecule has 0 bridgehead atoms. The highest BCUT2D eigenvalue weighted by Crippen LogP contribution is 2.31. The van der Waals surface area contributed by atoms with Crippen LogP contribution in [0.1, 0.15) is 53.4 Å². The minimum Gasteiger partial charge on any atom is -0.481 e. The molecule has 0 aromatic rings. The molecule has 1 fully saturated rings. The summed E-state index contributed by atoms with van der Waals surface area (Å²) in [6.07, 6.45) is 2.55. The van der Waals surface area contributed by atoms with Crippen LogP contribution in [0.15, 0.2) is 0 Å². The monoisotopic (exact) mass is 255 g/mol. The molecule has 1 N–H and O–H groups in total. The molecule has 1 aliphatic heterocycles. The SMILES string of the molecule is CC(C)(C)CCC(=O)N1CCC(C)(C(=O)O)CC1. The highest BCUT2D eigenvalue weighted by molar-refractivity contribution is 5.78. The Labute approximate surface area is 109 Å². The molecule has 1 rings (SSSR count). The number of hydrogen-bond donors (Lipinski definition) is 1. The molecular weight excluding hydrogens is 230 g/mol. The first kappa shape index (κ1) is 15.0. The topological polar surface area (TPSA) is 57.6 Å². The fraction of sp³-hybridized carbons (Fsp3) is 0.857. The van der Waals surface area contributed by atoms with E-state index in [-0.39, 0.29) is 11.3 Å². The fourth-order valence-electron chi connectivity index (χ4n) is 2.10. The zero-order chi connectivity index (χ0) is 14.0. The lowest BCUT2D eigenvalue weighted by Crippen LogP contribution is -2.45. The van der Waals surface area contributed by atoms with Gasteiger partial charge in [-0.2, -0.15) is 0 Å². The van der Waals surface area contributed by atoms with Crippen LogP contribution in [0.2, 0.25) is 0 Å². The zero-order valence-corrected chi connectivity index (χ0v) is 12.0. The molecule has 18 heavy (non-hydrogen) atoms. The molecule has 0 unspecified atom stereocenters. The quantitative estimate of drug-likeness (QED) is 0.843. The molecule has 0 aromatic heterocycles. The Morgan fingerprint density at radius 3 is 2.11 bits per heavy atom. The van der Waals surface area contributed by atoms with Gasteiger partial charge in [-0.1, -0.05) is 20.8 Å². The van der Waals surface area contributed by atoms with Gasteiger partial charge in [-0.15, -0.1) is 0 Å². The van der Waals surface area contributed by atoms with Crippen molar-refractivity contribution in [2.45, 2.75) is 53.4 Å². The van der Waals surface area contributed by atoms with Crippen LogP contribution in [-0.4, -0.2) is 35.0 Å². The van der Waals surface area contributed by atoms with Crippen molar-refractivity contribution in [3.05, 3.63) is 0 Å². The lowest BCUT2D eigenvalue weighted by Gasteiger charge is -2.36. The van der Waals surface area contributed by atoms with E-state index < -0.39 is 11.4 Å². The summed E-state index contributed by atoms with van der Waals surface area (Å²) in [7, 11) is 0. The summed E-state index contributed by atoms with van der Waals surface area (Å²) >= 11 is 0. The summed E-state index contributed by atoms with van der Waals surface area (Å²) in [5.74, 6) is -0.582. The van der Waals surface area contributed by atoms with Gasteiger partial charge in [0.25, 0.3) is 0 Å². The summed E-state index contributed by atoms with van der Waals surface area (Å²) in [6.45, 7) is 9.29. The highest BCUT2D eigenvalue weighted by atomic mass is 16.4. The van der Waals surface area contributed by atoms with Gasteiger partial charge < -0.3 is 10.0 Å². The van der Waals surface area contributed by atoms with Gasteiger partial charge in [0.1, 0.15) is 0 Å². The lowest BCUT2D eigenvalue weighted by atomic mass is 9.80. The van der Waals surface area contributed by atoms with Gasteiger partial charge in [-0.3, -0.25) is 9.59 Å². The Morgan fingerprint density at radius 1 is 1.22 bits per heavy atom. The summed E-state index contributed by atoms with van der Waals surface area (Å²) in [5.41, 5.74) is -0.484. The van der Waals surface area contributed by atoms with Gasteiger partial charge in [0.15, 0.2) is 0 Å². The van der Waals surface area contributed by atoms with Crippen LogP contribution >= 0.6 is 0 Å². The Bertz CT molecular complexity index is 322. The second-order valence-electron chi connectivity index (χ2n) is 6.81. The van der Waals surface area contributed by atoms with Crippen LogP contribution in [0.25, 0.3) is 0 Å². The van der Waals surface area contributed by atoms with Crippen molar-refractivity contribution in [1.82, 2.24) is 4.90 Å². The van der Waals surface area contributed by atoms with Crippen LogP contribution in [0.5, 0.6) is 0 Å². The second-order valence-corrected chi connectivity index (χ2v) is 6.81.